The molecule has 6 nitrogen and oxygen atoms in total. The van der Waals surface area contributed by atoms with Gasteiger partial charge in [0.25, 0.3) is 5.91 Å². The van der Waals surface area contributed by atoms with E-state index in [0.717, 1.165) is 0 Å². The molecule has 1 amide bonds. The Kier molecular flexibility index (Phi) is 3.38. The van der Waals surface area contributed by atoms with Gasteiger partial charge in [0.15, 0.2) is 0 Å². The van der Waals surface area contributed by atoms with Crippen LogP contribution in [-0.2, 0) is 0 Å². The van der Waals surface area contributed by atoms with Crippen LogP contribution in [0, 0.1) is 5.82 Å². The third kappa shape index (κ3) is 2.32. The van der Waals surface area contributed by atoms with E-state index < -0.39 is 11.7 Å². The van der Waals surface area contributed by atoms with Crippen molar-refractivity contribution in [3.05, 3.63) is 48.2 Å². The minimum Gasteiger partial charge on any atom is -0.497 e. The number of pyridine rings is 1. The monoisotopic (exact) mass is 301 g/mol. The molecule has 0 unspecified atom stereocenters. The number of ether oxygens (including phenoxy) is 1. The quantitative estimate of drug-likeness (QED) is 0.773. The van der Waals surface area contributed by atoms with Crippen molar-refractivity contribution < 1.29 is 18.3 Å². The number of anilines is 2. The second kappa shape index (κ2) is 5.36. The number of nitrogens with one attached hydrogen (secondary N) is 1. The van der Waals surface area contributed by atoms with Crippen molar-refractivity contribution in [3.63, 3.8) is 0 Å². The molecule has 0 bridgehead atoms. The topological polar surface area (TPSA) is 90.4 Å². The van der Waals surface area contributed by atoms with E-state index >= 15 is 0 Å². The summed E-state index contributed by atoms with van der Waals surface area (Å²) in [7, 11) is 1.45. The molecule has 2 aromatic heterocycles. The molecule has 0 atom stereocenters. The molecule has 1 aromatic carbocycles. The number of rotatable bonds is 4. The van der Waals surface area contributed by atoms with Crippen LogP contribution in [0.4, 0.5) is 15.8 Å². The first kappa shape index (κ1) is 13.9. The van der Waals surface area contributed by atoms with Gasteiger partial charge < -0.3 is 20.2 Å². The van der Waals surface area contributed by atoms with Gasteiger partial charge in [-0.1, -0.05) is 0 Å². The number of amides is 1. The molecule has 3 rings (SSSR count). The van der Waals surface area contributed by atoms with Crippen molar-refractivity contribution in [2.24, 2.45) is 5.73 Å². The Labute approximate surface area is 124 Å². The van der Waals surface area contributed by atoms with Gasteiger partial charge in [-0.25, -0.2) is 4.39 Å². The summed E-state index contributed by atoms with van der Waals surface area (Å²) in [6.07, 6.45) is 3.03. The van der Waals surface area contributed by atoms with E-state index in [4.69, 9.17) is 14.9 Å². The normalized spacial score (nSPS) is 10.6. The lowest BCUT2D eigenvalue weighted by atomic mass is 10.2. The van der Waals surface area contributed by atoms with Crippen LogP contribution in [0.1, 0.15) is 10.6 Å². The van der Waals surface area contributed by atoms with Gasteiger partial charge in [-0.05, 0) is 18.2 Å². The van der Waals surface area contributed by atoms with Crippen molar-refractivity contribution in [1.82, 2.24) is 4.98 Å². The number of fused-ring (bicyclic) bond motifs is 1. The summed E-state index contributed by atoms with van der Waals surface area (Å²) in [5.74, 6) is -0.990. The fourth-order valence-electron chi connectivity index (χ4n) is 2.10. The number of aromatic nitrogens is 1. The first-order valence-corrected chi connectivity index (χ1v) is 6.37. The van der Waals surface area contributed by atoms with Crippen molar-refractivity contribution in [1.29, 1.82) is 0 Å². The number of hydrogen-bond acceptors (Lipinski definition) is 5. The average Bonchev–Trinajstić information content (AvgIpc) is 2.88. The van der Waals surface area contributed by atoms with Crippen LogP contribution < -0.4 is 15.8 Å². The van der Waals surface area contributed by atoms with E-state index in [2.05, 4.69) is 10.3 Å². The highest BCUT2D eigenvalue weighted by atomic mass is 19.1. The lowest BCUT2D eigenvalue weighted by Gasteiger charge is -2.08. The molecule has 0 saturated carbocycles. The first-order valence-electron chi connectivity index (χ1n) is 6.37. The third-order valence-electron chi connectivity index (χ3n) is 3.15. The number of methoxy groups -OCH3 is 1. The van der Waals surface area contributed by atoms with Gasteiger partial charge in [-0.3, -0.25) is 9.78 Å². The van der Waals surface area contributed by atoms with Crippen LogP contribution in [0.25, 0.3) is 11.0 Å². The van der Waals surface area contributed by atoms with Crippen molar-refractivity contribution in [3.8, 4) is 5.75 Å². The maximum Gasteiger partial charge on any atom is 0.286 e. The Morgan fingerprint density at radius 1 is 1.41 bits per heavy atom. The van der Waals surface area contributed by atoms with E-state index in [0.29, 0.717) is 16.7 Å². The average molecular weight is 301 g/mol. The molecule has 112 valence electrons. The van der Waals surface area contributed by atoms with E-state index in [-0.39, 0.29) is 17.1 Å². The Morgan fingerprint density at radius 3 is 2.91 bits per heavy atom. The predicted octanol–water partition coefficient (Wildman–Crippen LogP) is 2.82. The molecule has 0 radical (unpaired) electrons. The van der Waals surface area contributed by atoms with E-state index in [9.17, 15) is 9.18 Å². The minimum absolute atomic E-state index is 0.0850. The zero-order valence-corrected chi connectivity index (χ0v) is 11.6. The Hall–Kier alpha value is -3.09. The van der Waals surface area contributed by atoms with Gasteiger partial charge in [-0.2, -0.15) is 0 Å². The highest BCUT2D eigenvalue weighted by Gasteiger charge is 2.19. The summed E-state index contributed by atoms with van der Waals surface area (Å²) in [5, 5.41) is 3.37. The molecule has 3 aromatic rings. The van der Waals surface area contributed by atoms with E-state index in [1.54, 1.807) is 12.1 Å². The number of carbonyl (C=O) groups excluding carboxylic acids is 1. The minimum atomic E-state index is -0.757. The van der Waals surface area contributed by atoms with Crippen LogP contribution >= 0.6 is 0 Å². The van der Waals surface area contributed by atoms with Gasteiger partial charge in [-0.15, -0.1) is 0 Å². The van der Waals surface area contributed by atoms with Gasteiger partial charge in [0.2, 0.25) is 5.76 Å². The first-order chi connectivity index (χ1) is 10.6. The predicted molar refractivity (Wildman–Crippen MR) is 78.8 cm³/mol. The van der Waals surface area contributed by atoms with Crippen LogP contribution in [0.15, 0.2) is 41.1 Å². The molecule has 0 aliphatic heterocycles. The number of benzene rings is 1. The summed E-state index contributed by atoms with van der Waals surface area (Å²) < 4.78 is 24.4. The lowest BCUT2D eigenvalue weighted by Crippen LogP contribution is -2.11. The van der Waals surface area contributed by atoms with Crippen LogP contribution in [0.3, 0.4) is 0 Å². The summed E-state index contributed by atoms with van der Waals surface area (Å²) in [6, 6.07) is 5.91. The number of furan rings is 1. The smallest absolute Gasteiger partial charge is 0.286 e. The highest BCUT2D eigenvalue weighted by Crippen LogP contribution is 2.33. The molecule has 2 heterocycles. The molecule has 22 heavy (non-hydrogen) atoms. The lowest BCUT2D eigenvalue weighted by molar-refractivity contribution is 0.0977. The molecule has 7 heteroatoms. The number of nitrogens with two attached hydrogens (primary N) is 1. The van der Waals surface area contributed by atoms with Gasteiger partial charge in [0.05, 0.1) is 18.2 Å². The standard InChI is InChI=1S/C15H12FN3O3/c1-21-8-2-3-11(10(16)6-8)19-13-9-7-18-5-4-12(9)22-14(13)15(17)20/h2-7,19H,1H3,(H2,17,20). The number of nitrogens with zero attached hydrogens (tertiary/aromatic N) is 1. The summed E-state index contributed by atoms with van der Waals surface area (Å²) in [6.45, 7) is 0. The van der Waals surface area contributed by atoms with Gasteiger partial charge in [0.1, 0.15) is 22.8 Å². The van der Waals surface area contributed by atoms with E-state index in [1.165, 1.54) is 31.6 Å². The summed E-state index contributed by atoms with van der Waals surface area (Å²) in [4.78, 5) is 15.5. The summed E-state index contributed by atoms with van der Waals surface area (Å²) >= 11 is 0. The highest BCUT2D eigenvalue weighted by molar-refractivity contribution is 6.06. The molecule has 0 aliphatic carbocycles. The van der Waals surface area contributed by atoms with Gasteiger partial charge >= 0.3 is 0 Å². The number of halogens is 1. The molecule has 0 fully saturated rings. The maximum atomic E-state index is 14.1. The van der Waals surface area contributed by atoms with Crippen molar-refractivity contribution in [2.45, 2.75) is 0 Å². The molecular weight excluding hydrogens is 289 g/mol. The molecular formula is C15H12FN3O3. The largest absolute Gasteiger partial charge is 0.497 e. The molecule has 0 saturated heterocycles. The van der Waals surface area contributed by atoms with Crippen LogP contribution in [0.2, 0.25) is 0 Å². The zero-order chi connectivity index (χ0) is 15.7. The fourth-order valence-corrected chi connectivity index (χ4v) is 2.10. The van der Waals surface area contributed by atoms with Crippen molar-refractivity contribution >= 4 is 28.3 Å². The number of carbonyl (C=O) groups is 1. The Bertz CT molecular complexity index is 860. The second-order valence-electron chi connectivity index (χ2n) is 4.51. The SMILES string of the molecule is COc1ccc(Nc2c(C(N)=O)oc3ccncc23)c(F)c1. The molecule has 0 spiro atoms. The third-order valence-corrected chi connectivity index (χ3v) is 3.15. The summed E-state index contributed by atoms with van der Waals surface area (Å²) in [5.41, 5.74) is 6.18. The Balaban J connectivity index is 2.10. The molecule has 3 N–H and O–H groups in total. The Morgan fingerprint density at radius 2 is 2.23 bits per heavy atom. The maximum absolute atomic E-state index is 14.1. The van der Waals surface area contributed by atoms with Crippen LogP contribution in [0.5, 0.6) is 5.75 Å². The van der Waals surface area contributed by atoms with Crippen molar-refractivity contribution in [2.75, 3.05) is 12.4 Å². The van der Waals surface area contributed by atoms with Crippen LogP contribution in [-0.4, -0.2) is 18.0 Å². The molecule has 0 aliphatic rings. The zero-order valence-electron chi connectivity index (χ0n) is 11.6. The fraction of sp³-hybridized carbons (Fsp3) is 0.0667. The number of hydrogen-bond donors (Lipinski definition) is 2. The van der Waals surface area contributed by atoms with Gasteiger partial charge in [0, 0.05) is 18.5 Å². The number of primary amides is 1. The van der Waals surface area contributed by atoms with E-state index in [1.807, 2.05) is 0 Å². The second-order valence-corrected chi connectivity index (χ2v) is 4.51.